The van der Waals surface area contributed by atoms with Crippen molar-refractivity contribution in [2.24, 2.45) is 0 Å². The van der Waals surface area contributed by atoms with Crippen molar-refractivity contribution in [1.82, 2.24) is 10.3 Å². The maximum atomic E-state index is 12.1. The smallest absolute Gasteiger partial charge is 0.262 e. The third kappa shape index (κ3) is 3.28. The van der Waals surface area contributed by atoms with E-state index in [1.54, 1.807) is 18.4 Å². The fourth-order valence-corrected chi connectivity index (χ4v) is 3.86. The Hall–Kier alpha value is -2.86. The Bertz CT molecular complexity index is 910. The van der Waals surface area contributed by atoms with Gasteiger partial charge in [0.1, 0.15) is 10.8 Å². The summed E-state index contributed by atoms with van der Waals surface area (Å²) in [5.74, 6) is 0.610. The number of rotatable bonds is 4. The molecule has 2 heterocycles. The van der Waals surface area contributed by atoms with Crippen LogP contribution in [0.4, 0.5) is 5.69 Å². The highest BCUT2D eigenvalue weighted by Crippen LogP contribution is 2.34. The molecule has 26 heavy (non-hydrogen) atoms. The second-order valence-electron chi connectivity index (χ2n) is 6.08. The van der Waals surface area contributed by atoms with Crippen molar-refractivity contribution in [1.29, 1.82) is 0 Å². The molecule has 1 atom stereocenters. The van der Waals surface area contributed by atoms with Crippen molar-refractivity contribution in [3.8, 4) is 16.3 Å². The van der Waals surface area contributed by atoms with Crippen LogP contribution in [0.15, 0.2) is 60.0 Å². The number of amides is 1. The van der Waals surface area contributed by atoms with Crippen molar-refractivity contribution in [2.45, 2.75) is 12.6 Å². The van der Waals surface area contributed by atoms with Crippen LogP contribution in [-0.2, 0) is 11.3 Å². The number of likely N-dealkylation sites (N-methyl/N-ethyl adjacent to an activating group) is 1. The lowest BCUT2D eigenvalue weighted by atomic mass is 10.1. The number of hydrogen-bond acceptors (Lipinski definition) is 5. The van der Waals surface area contributed by atoms with Crippen LogP contribution in [-0.4, -0.2) is 30.6 Å². The third-order valence-electron chi connectivity index (χ3n) is 4.33. The van der Waals surface area contributed by atoms with Crippen molar-refractivity contribution in [2.75, 3.05) is 18.5 Å². The average molecular weight is 365 g/mol. The van der Waals surface area contributed by atoms with E-state index < -0.39 is 6.10 Å². The molecule has 1 amide bonds. The first-order valence-corrected chi connectivity index (χ1v) is 9.34. The van der Waals surface area contributed by atoms with Crippen molar-refractivity contribution < 1.29 is 9.53 Å². The topological polar surface area (TPSA) is 54.5 Å². The number of para-hydroxylation sites is 2. The van der Waals surface area contributed by atoms with E-state index in [1.165, 1.54) is 0 Å². The number of anilines is 1. The first kappa shape index (κ1) is 16.6. The zero-order valence-corrected chi connectivity index (χ0v) is 15.2. The maximum Gasteiger partial charge on any atom is 0.262 e. The summed E-state index contributed by atoms with van der Waals surface area (Å²) < 4.78 is 5.86. The molecule has 2 aromatic carbocycles. The molecule has 0 spiro atoms. The third-order valence-corrected chi connectivity index (χ3v) is 5.27. The minimum atomic E-state index is -0.526. The molecular formula is C20H19N3O2S. The predicted octanol–water partition coefficient (Wildman–Crippen LogP) is 3.32. The molecule has 0 radical (unpaired) electrons. The molecule has 3 aromatic rings. The van der Waals surface area contributed by atoms with Crippen LogP contribution in [0.5, 0.6) is 5.75 Å². The van der Waals surface area contributed by atoms with Crippen LogP contribution in [0.25, 0.3) is 10.6 Å². The summed E-state index contributed by atoms with van der Waals surface area (Å²) >= 11 is 1.64. The fourth-order valence-electron chi connectivity index (χ4n) is 3.04. The summed E-state index contributed by atoms with van der Waals surface area (Å²) in [5.41, 5.74) is 3.09. The van der Waals surface area contributed by atoms with Gasteiger partial charge in [0, 0.05) is 18.0 Å². The Morgan fingerprint density at radius 1 is 1.23 bits per heavy atom. The van der Waals surface area contributed by atoms with Crippen LogP contribution >= 0.6 is 11.3 Å². The van der Waals surface area contributed by atoms with Crippen molar-refractivity contribution >= 4 is 22.9 Å². The van der Waals surface area contributed by atoms with Gasteiger partial charge in [0.2, 0.25) is 0 Å². The molecule has 1 aliphatic rings. The van der Waals surface area contributed by atoms with Crippen LogP contribution in [0, 0.1) is 0 Å². The molecule has 5 nitrogen and oxygen atoms in total. The monoisotopic (exact) mass is 365 g/mol. The largest absolute Gasteiger partial charge is 0.477 e. The highest BCUT2D eigenvalue weighted by Gasteiger charge is 2.30. The molecule has 132 valence electrons. The molecule has 0 bridgehead atoms. The minimum Gasteiger partial charge on any atom is -0.477 e. The Labute approximate surface area is 156 Å². The number of aromatic nitrogens is 1. The van der Waals surface area contributed by atoms with Gasteiger partial charge in [0.25, 0.3) is 5.91 Å². The van der Waals surface area contributed by atoms with E-state index in [0.29, 0.717) is 13.1 Å². The lowest BCUT2D eigenvalue weighted by molar-refractivity contribution is -0.127. The number of hydrogen-bond donors (Lipinski definition) is 1. The van der Waals surface area contributed by atoms with Crippen molar-refractivity contribution in [3.05, 3.63) is 65.7 Å². The van der Waals surface area contributed by atoms with Gasteiger partial charge >= 0.3 is 0 Å². The second-order valence-corrected chi connectivity index (χ2v) is 6.94. The van der Waals surface area contributed by atoms with E-state index in [4.69, 9.17) is 9.72 Å². The normalized spacial score (nSPS) is 15.9. The molecule has 6 heteroatoms. The molecular weight excluding hydrogens is 346 g/mol. The number of nitrogens with zero attached hydrogens (tertiary/aromatic N) is 2. The highest BCUT2D eigenvalue weighted by molar-refractivity contribution is 7.13. The fraction of sp³-hybridized carbons (Fsp3) is 0.200. The lowest BCUT2D eigenvalue weighted by Gasteiger charge is -2.35. The van der Waals surface area contributed by atoms with Crippen LogP contribution in [0.3, 0.4) is 0 Å². The van der Waals surface area contributed by atoms with Crippen LogP contribution < -0.4 is 15.0 Å². The summed E-state index contributed by atoms with van der Waals surface area (Å²) in [6, 6.07) is 18.0. The van der Waals surface area contributed by atoms with Gasteiger partial charge in [-0.2, -0.15) is 0 Å². The summed E-state index contributed by atoms with van der Waals surface area (Å²) in [7, 11) is 1.63. The van der Waals surface area contributed by atoms with Gasteiger partial charge in [-0.1, -0.05) is 42.5 Å². The predicted molar refractivity (Wildman–Crippen MR) is 104 cm³/mol. The number of carbonyl (C=O) groups is 1. The van der Waals surface area contributed by atoms with Gasteiger partial charge < -0.3 is 15.0 Å². The van der Waals surface area contributed by atoms with Crippen LogP contribution in [0.1, 0.15) is 5.69 Å². The first-order valence-electron chi connectivity index (χ1n) is 8.46. The molecule has 1 aromatic heterocycles. The molecule has 4 rings (SSSR count). The maximum absolute atomic E-state index is 12.1. The second kappa shape index (κ2) is 7.17. The lowest BCUT2D eigenvalue weighted by Crippen LogP contribution is -2.47. The SMILES string of the molecule is CNC(=O)[C@@H]1CN(Cc2csc(-c3ccccc3)n2)c2ccccc2O1. The van der Waals surface area contributed by atoms with E-state index in [1.807, 2.05) is 42.5 Å². The molecule has 0 aliphatic carbocycles. The Morgan fingerprint density at radius 3 is 2.81 bits per heavy atom. The Kier molecular flexibility index (Phi) is 4.58. The molecule has 0 saturated carbocycles. The summed E-state index contributed by atoms with van der Waals surface area (Å²) in [6.07, 6.45) is -0.526. The van der Waals surface area contributed by atoms with Gasteiger partial charge in [-0.15, -0.1) is 11.3 Å². The number of nitrogens with one attached hydrogen (secondary N) is 1. The molecule has 0 saturated heterocycles. The summed E-state index contributed by atoms with van der Waals surface area (Å²) in [4.78, 5) is 19.0. The van der Waals surface area contributed by atoms with Crippen molar-refractivity contribution in [3.63, 3.8) is 0 Å². The zero-order chi connectivity index (χ0) is 17.9. The van der Waals surface area contributed by atoms with E-state index in [2.05, 4.69) is 27.7 Å². The quantitative estimate of drug-likeness (QED) is 0.771. The molecule has 0 unspecified atom stereocenters. The molecule has 0 fully saturated rings. The average Bonchev–Trinajstić information content (AvgIpc) is 3.16. The zero-order valence-electron chi connectivity index (χ0n) is 14.4. The van der Waals surface area contributed by atoms with Gasteiger partial charge in [0.15, 0.2) is 6.10 Å². The number of benzene rings is 2. The molecule has 1 N–H and O–H groups in total. The highest BCUT2D eigenvalue weighted by atomic mass is 32.1. The first-order chi connectivity index (χ1) is 12.7. The number of fused-ring (bicyclic) bond motifs is 1. The Morgan fingerprint density at radius 2 is 2.00 bits per heavy atom. The molecule has 1 aliphatic heterocycles. The Balaban J connectivity index is 1.59. The van der Waals surface area contributed by atoms with Gasteiger partial charge in [0.05, 0.1) is 24.5 Å². The van der Waals surface area contributed by atoms with E-state index in [0.717, 1.165) is 27.7 Å². The van der Waals surface area contributed by atoms with Crippen LogP contribution in [0.2, 0.25) is 0 Å². The van der Waals surface area contributed by atoms with Gasteiger partial charge in [-0.3, -0.25) is 4.79 Å². The van der Waals surface area contributed by atoms with E-state index in [9.17, 15) is 4.79 Å². The standard InChI is InChI=1S/C20H19N3O2S/c1-21-19(24)18-12-23(16-9-5-6-10-17(16)25-18)11-15-13-26-20(22-15)14-7-3-2-4-8-14/h2-10,13,18H,11-12H2,1H3,(H,21,24)/t18-/m0/s1. The van der Waals surface area contributed by atoms with E-state index in [-0.39, 0.29) is 5.91 Å². The summed E-state index contributed by atoms with van der Waals surface area (Å²) in [5, 5.41) is 5.75. The number of ether oxygens (including phenoxy) is 1. The summed E-state index contributed by atoms with van der Waals surface area (Å²) in [6.45, 7) is 1.13. The van der Waals surface area contributed by atoms with Gasteiger partial charge in [-0.25, -0.2) is 4.98 Å². The number of thiazole rings is 1. The number of carbonyl (C=O) groups excluding carboxylic acids is 1. The van der Waals surface area contributed by atoms with Gasteiger partial charge in [-0.05, 0) is 12.1 Å². The minimum absolute atomic E-state index is 0.118. The van der Waals surface area contributed by atoms with E-state index >= 15 is 0 Å².